The Morgan fingerprint density at radius 1 is 1.08 bits per heavy atom. The van der Waals surface area contributed by atoms with Gasteiger partial charge in [0, 0.05) is 22.3 Å². The molecule has 0 bridgehead atoms. The molecule has 0 radical (unpaired) electrons. The van der Waals surface area contributed by atoms with Crippen LogP contribution in [0.25, 0.3) is 10.9 Å². The molecule has 2 aromatic heterocycles. The maximum Gasteiger partial charge on any atom is 0.0914 e. The van der Waals surface area contributed by atoms with Crippen LogP contribution in [0.1, 0.15) is 41.1 Å². The Balaban J connectivity index is 1.68. The van der Waals surface area contributed by atoms with Crippen molar-refractivity contribution >= 4 is 10.9 Å². The summed E-state index contributed by atoms with van der Waals surface area (Å²) in [5.74, 6) is 0. The van der Waals surface area contributed by atoms with Gasteiger partial charge < -0.3 is 9.67 Å². The Morgan fingerprint density at radius 3 is 2.64 bits per heavy atom. The van der Waals surface area contributed by atoms with Crippen LogP contribution in [-0.4, -0.2) is 25.6 Å². The topological polar surface area (TPSA) is 43.0 Å². The first-order chi connectivity index (χ1) is 12.0. The average Bonchev–Trinajstić information content (AvgIpc) is 3.05. The van der Waals surface area contributed by atoms with Crippen LogP contribution in [0, 0.1) is 20.8 Å². The van der Waals surface area contributed by atoms with Crippen LogP contribution in [0.15, 0.2) is 24.3 Å². The van der Waals surface area contributed by atoms with Gasteiger partial charge in [0.1, 0.15) is 0 Å². The van der Waals surface area contributed by atoms with Crippen LogP contribution in [0.3, 0.4) is 0 Å². The molecule has 1 atom stereocenters. The number of hydrogen-bond acceptors (Lipinski definition) is 2. The molecule has 132 valence electrons. The first-order valence-corrected chi connectivity index (χ1v) is 9.32. The Labute approximate surface area is 149 Å². The Morgan fingerprint density at radius 2 is 1.88 bits per heavy atom. The minimum atomic E-state index is -0.444. The predicted molar refractivity (Wildman–Crippen MR) is 101 cm³/mol. The van der Waals surface area contributed by atoms with Crippen molar-refractivity contribution in [1.29, 1.82) is 0 Å². The van der Waals surface area contributed by atoms with E-state index in [2.05, 4.69) is 40.9 Å². The molecule has 4 heteroatoms. The van der Waals surface area contributed by atoms with Crippen molar-refractivity contribution in [2.75, 3.05) is 0 Å². The summed E-state index contributed by atoms with van der Waals surface area (Å²) in [7, 11) is 0. The molecule has 1 aromatic carbocycles. The zero-order valence-electron chi connectivity index (χ0n) is 15.4. The predicted octanol–water partition coefficient (Wildman–Crippen LogP) is 3.70. The van der Waals surface area contributed by atoms with Gasteiger partial charge in [0.15, 0.2) is 0 Å². The second-order valence-electron chi connectivity index (χ2n) is 7.53. The van der Waals surface area contributed by atoms with E-state index in [1.807, 2.05) is 18.5 Å². The average molecular weight is 337 g/mol. The van der Waals surface area contributed by atoms with E-state index in [4.69, 9.17) is 0 Å². The fourth-order valence-electron chi connectivity index (χ4n) is 4.29. The lowest BCUT2D eigenvalue weighted by Gasteiger charge is -2.19. The highest BCUT2D eigenvalue weighted by atomic mass is 16.3. The third-order valence-corrected chi connectivity index (χ3v) is 5.41. The van der Waals surface area contributed by atoms with Crippen molar-refractivity contribution in [1.82, 2.24) is 14.3 Å². The molecule has 4 nitrogen and oxygen atoms in total. The lowest BCUT2D eigenvalue weighted by atomic mass is 9.95. The van der Waals surface area contributed by atoms with E-state index >= 15 is 0 Å². The first kappa shape index (κ1) is 16.4. The lowest BCUT2D eigenvalue weighted by Crippen LogP contribution is -2.24. The van der Waals surface area contributed by atoms with E-state index in [9.17, 15) is 5.11 Å². The maximum absolute atomic E-state index is 10.7. The van der Waals surface area contributed by atoms with Gasteiger partial charge in [-0.05, 0) is 70.2 Å². The molecule has 0 fully saturated rings. The summed E-state index contributed by atoms with van der Waals surface area (Å²) in [6.45, 7) is 7.37. The number of aliphatic hydroxyl groups is 1. The maximum atomic E-state index is 10.7. The third-order valence-electron chi connectivity index (χ3n) is 5.41. The molecular formula is C21H27N3O. The number of aliphatic hydroxyl groups excluding tert-OH is 1. The normalized spacial score (nSPS) is 15.5. The van der Waals surface area contributed by atoms with Crippen molar-refractivity contribution in [2.45, 2.75) is 65.6 Å². The zero-order chi connectivity index (χ0) is 17.6. The zero-order valence-corrected chi connectivity index (χ0v) is 15.4. The molecule has 4 rings (SSSR count). The summed E-state index contributed by atoms with van der Waals surface area (Å²) in [6, 6.07) is 8.77. The van der Waals surface area contributed by atoms with Crippen LogP contribution >= 0.6 is 0 Å². The first-order valence-electron chi connectivity index (χ1n) is 9.32. The van der Waals surface area contributed by atoms with E-state index in [1.165, 1.54) is 40.6 Å². The van der Waals surface area contributed by atoms with E-state index in [-0.39, 0.29) is 0 Å². The van der Waals surface area contributed by atoms with Gasteiger partial charge in [0.25, 0.3) is 0 Å². The summed E-state index contributed by atoms with van der Waals surface area (Å²) in [6.07, 6.45) is 4.36. The van der Waals surface area contributed by atoms with Gasteiger partial charge in [-0.3, -0.25) is 4.68 Å². The van der Waals surface area contributed by atoms with Crippen LogP contribution in [0.2, 0.25) is 0 Å². The smallest absolute Gasteiger partial charge is 0.0914 e. The Hall–Kier alpha value is -2.07. The largest absolute Gasteiger partial charge is 0.389 e. The van der Waals surface area contributed by atoms with Crippen molar-refractivity contribution in [2.24, 2.45) is 0 Å². The Kier molecular flexibility index (Phi) is 4.16. The highest BCUT2D eigenvalue weighted by Crippen LogP contribution is 2.33. The number of benzene rings is 1. The molecular weight excluding hydrogens is 310 g/mol. The van der Waals surface area contributed by atoms with Gasteiger partial charge in [-0.25, -0.2) is 0 Å². The summed E-state index contributed by atoms with van der Waals surface area (Å²) in [4.78, 5) is 0. The molecule has 1 aliphatic rings. The molecule has 0 saturated heterocycles. The quantitative estimate of drug-likeness (QED) is 0.789. The molecule has 0 amide bonds. The molecule has 0 aliphatic heterocycles. The van der Waals surface area contributed by atoms with Crippen molar-refractivity contribution in [3.05, 3.63) is 52.5 Å². The standard InChI is InChI=1S/C21H27N3O/c1-14-8-9-21-19(10-14)18-6-4-5-7-20(18)23(21)12-17(25)13-24-16(3)11-15(2)22-24/h8-11,17,25H,4-7,12-13H2,1-3H3. The van der Waals surface area contributed by atoms with Crippen LogP contribution < -0.4 is 0 Å². The number of aromatic nitrogens is 3. The fourth-order valence-corrected chi connectivity index (χ4v) is 4.29. The highest BCUT2D eigenvalue weighted by Gasteiger charge is 2.21. The van der Waals surface area contributed by atoms with Crippen LogP contribution in [-0.2, 0) is 25.9 Å². The van der Waals surface area contributed by atoms with Crippen molar-refractivity contribution in [3.8, 4) is 0 Å². The SMILES string of the molecule is Cc1ccc2c(c1)c1c(n2CC(O)Cn2nc(C)cc2C)CCCC1. The molecule has 0 saturated carbocycles. The van der Waals surface area contributed by atoms with E-state index in [0.717, 1.165) is 24.2 Å². The van der Waals surface area contributed by atoms with E-state index in [0.29, 0.717) is 13.1 Å². The monoisotopic (exact) mass is 337 g/mol. The van der Waals surface area contributed by atoms with Crippen LogP contribution in [0.5, 0.6) is 0 Å². The van der Waals surface area contributed by atoms with E-state index < -0.39 is 6.10 Å². The van der Waals surface area contributed by atoms with E-state index in [1.54, 1.807) is 0 Å². The van der Waals surface area contributed by atoms with Crippen LogP contribution in [0.4, 0.5) is 0 Å². The van der Waals surface area contributed by atoms with Gasteiger partial charge in [-0.2, -0.15) is 5.10 Å². The van der Waals surface area contributed by atoms with Gasteiger partial charge in [0.2, 0.25) is 0 Å². The molecule has 1 unspecified atom stereocenters. The number of hydrogen-bond donors (Lipinski definition) is 1. The number of fused-ring (bicyclic) bond motifs is 3. The summed E-state index contributed by atoms with van der Waals surface area (Å²) in [5, 5.41) is 16.6. The second-order valence-corrected chi connectivity index (χ2v) is 7.53. The Bertz CT molecular complexity index is 919. The third kappa shape index (κ3) is 2.99. The minimum absolute atomic E-state index is 0.444. The van der Waals surface area contributed by atoms with Crippen molar-refractivity contribution < 1.29 is 5.11 Å². The second kappa shape index (κ2) is 6.34. The van der Waals surface area contributed by atoms with Gasteiger partial charge in [-0.1, -0.05) is 11.6 Å². The van der Waals surface area contributed by atoms with Gasteiger partial charge in [-0.15, -0.1) is 0 Å². The minimum Gasteiger partial charge on any atom is -0.389 e. The molecule has 1 N–H and O–H groups in total. The number of nitrogens with zero attached hydrogens (tertiary/aromatic N) is 3. The molecule has 25 heavy (non-hydrogen) atoms. The number of rotatable bonds is 4. The molecule has 1 aliphatic carbocycles. The molecule has 0 spiro atoms. The lowest BCUT2D eigenvalue weighted by molar-refractivity contribution is 0.129. The summed E-state index contributed by atoms with van der Waals surface area (Å²) >= 11 is 0. The van der Waals surface area contributed by atoms with Gasteiger partial charge >= 0.3 is 0 Å². The summed E-state index contributed by atoms with van der Waals surface area (Å²) < 4.78 is 4.28. The number of aryl methyl sites for hydroxylation is 4. The fraction of sp³-hybridized carbons (Fsp3) is 0.476. The molecule has 3 aromatic rings. The molecule has 2 heterocycles. The van der Waals surface area contributed by atoms with Crippen molar-refractivity contribution in [3.63, 3.8) is 0 Å². The summed E-state index contributed by atoms with van der Waals surface area (Å²) in [5.41, 5.74) is 7.61. The van der Waals surface area contributed by atoms with Gasteiger partial charge in [0.05, 0.1) is 24.9 Å². The highest BCUT2D eigenvalue weighted by molar-refractivity contribution is 5.86.